The van der Waals surface area contributed by atoms with Crippen LogP contribution in [0.5, 0.6) is 5.75 Å². The van der Waals surface area contributed by atoms with E-state index in [9.17, 15) is 13.2 Å². The molecule has 6 heteroatoms. The summed E-state index contributed by atoms with van der Waals surface area (Å²) in [6, 6.07) is 15.0. The van der Waals surface area contributed by atoms with Crippen LogP contribution in [0.4, 0.5) is 0 Å². The summed E-state index contributed by atoms with van der Waals surface area (Å²) in [5.74, 6) is 0.410. The van der Waals surface area contributed by atoms with Gasteiger partial charge in [-0.3, -0.25) is 4.79 Å². The minimum Gasteiger partial charge on any atom is -0.489 e. The van der Waals surface area contributed by atoms with Crippen molar-refractivity contribution in [3.63, 3.8) is 0 Å². The predicted octanol–water partition coefficient (Wildman–Crippen LogP) is 2.88. The predicted molar refractivity (Wildman–Crippen MR) is 101 cm³/mol. The number of ether oxygens (including phenoxy) is 1. The van der Waals surface area contributed by atoms with Crippen LogP contribution in [0, 0.1) is 6.92 Å². The molecule has 0 aliphatic carbocycles. The maximum Gasteiger partial charge on any atom is 0.251 e. The highest BCUT2D eigenvalue weighted by Gasteiger charge is 2.39. The third-order valence-electron chi connectivity index (χ3n) is 4.50. The van der Waals surface area contributed by atoms with Gasteiger partial charge in [0.2, 0.25) is 0 Å². The summed E-state index contributed by atoms with van der Waals surface area (Å²) in [4.78, 5) is 12.5. The molecule has 26 heavy (non-hydrogen) atoms. The number of hydrogen-bond donors (Lipinski definition) is 1. The molecule has 0 aromatic heterocycles. The molecular weight excluding hydrogens is 350 g/mol. The second-order valence-corrected chi connectivity index (χ2v) is 9.35. The maximum atomic E-state index is 12.5. The first kappa shape index (κ1) is 18.5. The van der Waals surface area contributed by atoms with E-state index in [-0.39, 0.29) is 17.4 Å². The van der Waals surface area contributed by atoms with Gasteiger partial charge < -0.3 is 10.1 Å². The number of rotatable bonds is 5. The topological polar surface area (TPSA) is 72.5 Å². The van der Waals surface area contributed by atoms with Crippen molar-refractivity contribution in [2.45, 2.75) is 32.4 Å². The summed E-state index contributed by atoms with van der Waals surface area (Å²) in [6.45, 7) is 4.22. The molecule has 1 saturated heterocycles. The van der Waals surface area contributed by atoms with E-state index in [2.05, 4.69) is 11.4 Å². The molecule has 1 aliphatic heterocycles. The standard InChI is InChI=1S/C20H23NO4S/c1-15-5-3-6-16(11-15)13-25-18-8-4-7-17(12-18)19(22)21-20(2)9-10-26(23,24)14-20/h3-8,11-12H,9-10,13-14H2,1-2H3,(H,21,22). The molecule has 5 nitrogen and oxygen atoms in total. The Morgan fingerprint density at radius 3 is 2.65 bits per heavy atom. The Labute approximate surface area is 154 Å². The van der Waals surface area contributed by atoms with Gasteiger partial charge in [-0.1, -0.05) is 35.9 Å². The van der Waals surface area contributed by atoms with E-state index in [1.54, 1.807) is 31.2 Å². The second kappa shape index (κ2) is 7.11. The number of amides is 1. The zero-order valence-corrected chi connectivity index (χ0v) is 15.8. The lowest BCUT2D eigenvalue weighted by Crippen LogP contribution is -2.46. The molecule has 0 saturated carbocycles. The number of carbonyl (C=O) groups is 1. The van der Waals surface area contributed by atoms with Crippen LogP contribution in [0.15, 0.2) is 48.5 Å². The molecule has 0 radical (unpaired) electrons. The van der Waals surface area contributed by atoms with E-state index in [0.717, 1.165) is 5.56 Å². The van der Waals surface area contributed by atoms with Crippen LogP contribution in [-0.2, 0) is 16.4 Å². The molecule has 0 spiro atoms. The Kier molecular flexibility index (Phi) is 5.05. The molecule has 2 aromatic carbocycles. The van der Waals surface area contributed by atoms with Gasteiger partial charge in [-0.05, 0) is 44.0 Å². The number of hydrogen-bond acceptors (Lipinski definition) is 4. The Hall–Kier alpha value is -2.34. The highest BCUT2D eigenvalue weighted by atomic mass is 32.2. The van der Waals surface area contributed by atoms with Crippen molar-refractivity contribution < 1.29 is 17.9 Å². The molecular formula is C20H23NO4S. The lowest BCUT2D eigenvalue weighted by Gasteiger charge is -2.24. The van der Waals surface area contributed by atoms with Gasteiger partial charge in [-0.15, -0.1) is 0 Å². The van der Waals surface area contributed by atoms with Crippen molar-refractivity contribution in [2.24, 2.45) is 0 Å². The Balaban J connectivity index is 1.66. The Morgan fingerprint density at radius 1 is 1.19 bits per heavy atom. The number of nitrogens with one attached hydrogen (secondary N) is 1. The lowest BCUT2D eigenvalue weighted by molar-refractivity contribution is 0.0915. The van der Waals surface area contributed by atoms with E-state index < -0.39 is 15.4 Å². The smallest absolute Gasteiger partial charge is 0.251 e. The summed E-state index contributed by atoms with van der Waals surface area (Å²) >= 11 is 0. The highest BCUT2D eigenvalue weighted by molar-refractivity contribution is 7.91. The number of carbonyl (C=O) groups excluding carboxylic acids is 1. The molecule has 1 atom stereocenters. The van der Waals surface area contributed by atoms with Crippen LogP contribution in [0.25, 0.3) is 0 Å². The van der Waals surface area contributed by atoms with Gasteiger partial charge in [-0.2, -0.15) is 0 Å². The fourth-order valence-corrected chi connectivity index (χ4v) is 5.24. The first-order valence-electron chi connectivity index (χ1n) is 8.56. The van der Waals surface area contributed by atoms with Crippen molar-refractivity contribution in [2.75, 3.05) is 11.5 Å². The van der Waals surface area contributed by atoms with Crippen LogP contribution in [-0.4, -0.2) is 31.4 Å². The monoisotopic (exact) mass is 373 g/mol. The van der Waals surface area contributed by atoms with Gasteiger partial charge in [0.05, 0.1) is 17.0 Å². The molecule has 3 rings (SSSR count). The van der Waals surface area contributed by atoms with E-state index in [0.29, 0.717) is 24.3 Å². The van der Waals surface area contributed by atoms with Crippen LogP contribution in [0.1, 0.15) is 34.8 Å². The molecule has 1 fully saturated rings. The normalized spacial score (nSPS) is 21.3. The van der Waals surface area contributed by atoms with Crippen LogP contribution in [0.2, 0.25) is 0 Å². The van der Waals surface area contributed by atoms with Gasteiger partial charge in [-0.25, -0.2) is 8.42 Å². The molecule has 0 bridgehead atoms. The highest BCUT2D eigenvalue weighted by Crippen LogP contribution is 2.24. The van der Waals surface area contributed by atoms with Crippen LogP contribution < -0.4 is 10.1 Å². The van der Waals surface area contributed by atoms with E-state index in [1.165, 1.54) is 5.56 Å². The summed E-state index contributed by atoms with van der Waals surface area (Å²) < 4.78 is 29.2. The van der Waals surface area contributed by atoms with E-state index >= 15 is 0 Å². The minimum absolute atomic E-state index is 0.0186. The molecule has 1 N–H and O–H groups in total. The summed E-state index contributed by atoms with van der Waals surface area (Å²) in [5, 5.41) is 2.86. The maximum absolute atomic E-state index is 12.5. The largest absolute Gasteiger partial charge is 0.489 e. The number of sulfone groups is 1. The quantitative estimate of drug-likeness (QED) is 0.875. The molecule has 2 aromatic rings. The van der Waals surface area contributed by atoms with Gasteiger partial charge in [0, 0.05) is 5.56 Å². The van der Waals surface area contributed by atoms with Gasteiger partial charge in [0.1, 0.15) is 12.4 Å². The van der Waals surface area contributed by atoms with Crippen LogP contribution >= 0.6 is 0 Å². The van der Waals surface area contributed by atoms with Crippen LogP contribution in [0.3, 0.4) is 0 Å². The van der Waals surface area contributed by atoms with E-state index in [1.807, 2.05) is 25.1 Å². The van der Waals surface area contributed by atoms with Gasteiger partial charge >= 0.3 is 0 Å². The SMILES string of the molecule is Cc1cccc(COc2cccc(C(=O)NC3(C)CCS(=O)(=O)C3)c2)c1. The average Bonchev–Trinajstić information content (AvgIpc) is 2.86. The molecule has 138 valence electrons. The summed E-state index contributed by atoms with van der Waals surface area (Å²) in [6.07, 6.45) is 0.435. The molecule has 1 amide bonds. The zero-order chi connectivity index (χ0) is 18.8. The average molecular weight is 373 g/mol. The Morgan fingerprint density at radius 2 is 1.96 bits per heavy atom. The first-order valence-corrected chi connectivity index (χ1v) is 10.4. The lowest BCUT2D eigenvalue weighted by atomic mass is 10.0. The molecule has 1 aliphatic rings. The molecule has 1 heterocycles. The fourth-order valence-electron chi connectivity index (χ4n) is 3.15. The third-order valence-corrected chi connectivity index (χ3v) is 6.41. The molecule has 1 unspecified atom stereocenters. The summed E-state index contributed by atoms with van der Waals surface area (Å²) in [7, 11) is -3.07. The van der Waals surface area contributed by atoms with Crippen molar-refractivity contribution in [3.05, 3.63) is 65.2 Å². The van der Waals surface area contributed by atoms with Crippen molar-refractivity contribution >= 4 is 15.7 Å². The van der Waals surface area contributed by atoms with Crippen molar-refractivity contribution in [1.82, 2.24) is 5.32 Å². The van der Waals surface area contributed by atoms with Gasteiger partial charge in [0.15, 0.2) is 9.84 Å². The third kappa shape index (κ3) is 4.64. The zero-order valence-electron chi connectivity index (χ0n) is 15.0. The minimum atomic E-state index is -3.07. The summed E-state index contributed by atoms with van der Waals surface area (Å²) in [5.41, 5.74) is 1.97. The van der Waals surface area contributed by atoms with Crippen molar-refractivity contribution in [3.8, 4) is 5.75 Å². The Bertz CT molecular complexity index is 923. The number of benzene rings is 2. The van der Waals surface area contributed by atoms with Gasteiger partial charge in [0.25, 0.3) is 5.91 Å². The van der Waals surface area contributed by atoms with E-state index in [4.69, 9.17) is 4.74 Å². The first-order chi connectivity index (χ1) is 12.2. The fraction of sp³-hybridized carbons (Fsp3) is 0.350. The second-order valence-electron chi connectivity index (χ2n) is 7.16. The van der Waals surface area contributed by atoms with Crippen molar-refractivity contribution in [1.29, 1.82) is 0 Å². The number of aryl methyl sites for hydroxylation is 1.